The summed E-state index contributed by atoms with van der Waals surface area (Å²) in [4.78, 5) is 33.4. The molecule has 0 aliphatic carbocycles. The van der Waals surface area contributed by atoms with E-state index in [1.54, 1.807) is 17.0 Å². The minimum Gasteiger partial charge on any atom is -0.368 e. The van der Waals surface area contributed by atoms with E-state index in [2.05, 4.69) is 27.3 Å². The van der Waals surface area contributed by atoms with E-state index in [0.29, 0.717) is 24.3 Å². The van der Waals surface area contributed by atoms with Gasteiger partial charge in [-0.3, -0.25) is 14.6 Å². The molecule has 1 saturated heterocycles. The molecule has 1 aliphatic rings. The molecular formula is C21H26N4O2. The summed E-state index contributed by atoms with van der Waals surface area (Å²) in [7, 11) is 0. The van der Waals surface area contributed by atoms with Gasteiger partial charge in [0.05, 0.1) is 0 Å². The third-order valence-corrected chi connectivity index (χ3v) is 4.92. The van der Waals surface area contributed by atoms with Crippen molar-refractivity contribution < 1.29 is 9.59 Å². The molecule has 1 fully saturated rings. The molecule has 27 heavy (non-hydrogen) atoms. The van der Waals surface area contributed by atoms with Crippen LogP contribution >= 0.6 is 0 Å². The Morgan fingerprint density at radius 3 is 2.48 bits per heavy atom. The Morgan fingerprint density at radius 2 is 1.81 bits per heavy atom. The lowest BCUT2D eigenvalue weighted by Gasteiger charge is -2.36. The van der Waals surface area contributed by atoms with Crippen molar-refractivity contribution in [2.24, 2.45) is 0 Å². The lowest BCUT2D eigenvalue weighted by atomic mass is 10.1. The van der Waals surface area contributed by atoms with E-state index in [-0.39, 0.29) is 17.9 Å². The highest BCUT2D eigenvalue weighted by Crippen LogP contribution is 2.16. The Morgan fingerprint density at radius 1 is 1.11 bits per heavy atom. The lowest BCUT2D eigenvalue weighted by Crippen LogP contribution is -2.49. The molecule has 6 heteroatoms. The predicted molar refractivity (Wildman–Crippen MR) is 106 cm³/mol. The molecule has 1 aromatic heterocycles. The minimum absolute atomic E-state index is 0.0934. The number of nitrogens with zero attached hydrogens (tertiary/aromatic N) is 3. The summed E-state index contributed by atoms with van der Waals surface area (Å²) in [5.41, 5.74) is 1.96. The van der Waals surface area contributed by atoms with Gasteiger partial charge in [-0.1, -0.05) is 25.1 Å². The van der Waals surface area contributed by atoms with Crippen LogP contribution in [-0.4, -0.2) is 53.9 Å². The second-order valence-corrected chi connectivity index (χ2v) is 6.83. The first kappa shape index (κ1) is 18.9. The molecule has 1 aliphatic heterocycles. The number of para-hydroxylation sites is 1. The second-order valence-electron chi connectivity index (χ2n) is 6.83. The van der Waals surface area contributed by atoms with E-state index >= 15 is 0 Å². The summed E-state index contributed by atoms with van der Waals surface area (Å²) >= 11 is 0. The van der Waals surface area contributed by atoms with Gasteiger partial charge in [0.2, 0.25) is 0 Å². The van der Waals surface area contributed by atoms with Crippen LogP contribution in [0, 0.1) is 0 Å². The van der Waals surface area contributed by atoms with Gasteiger partial charge in [-0.25, -0.2) is 0 Å². The van der Waals surface area contributed by atoms with Gasteiger partial charge in [0.1, 0.15) is 5.69 Å². The van der Waals surface area contributed by atoms with Crippen LogP contribution < -0.4 is 10.2 Å². The first-order chi connectivity index (χ1) is 13.1. The first-order valence-corrected chi connectivity index (χ1v) is 9.44. The number of pyridine rings is 1. The Bertz CT molecular complexity index is 786. The maximum atomic E-state index is 12.8. The van der Waals surface area contributed by atoms with Gasteiger partial charge >= 0.3 is 0 Å². The summed E-state index contributed by atoms with van der Waals surface area (Å²) < 4.78 is 0. The number of hydrogen-bond donors (Lipinski definition) is 1. The molecule has 1 N–H and O–H groups in total. The molecule has 2 amide bonds. The number of aromatic nitrogens is 1. The van der Waals surface area contributed by atoms with Crippen molar-refractivity contribution in [1.29, 1.82) is 0 Å². The summed E-state index contributed by atoms with van der Waals surface area (Å²) in [6.45, 7) is 6.81. The minimum atomic E-state index is -0.172. The maximum Gasteiger partial charge on any atom is 0.272 e. The predicted octanol–water partition coefficient (Wildman–Crippen LogP) is 2.57. The zero-order valence-electron chi connectivity index (χ0n) is 15.9. The molecule has 0 radical (unpaired) electrons. The van der Waals surface area contributed by atoms with Crippen molar-refractivity contribution in [3.05, 3.63) is 59.9 Å². The molecule has 0 bridgehead atoms. The van der Waals surface area contributed by atoms with Crippen molar-refractivity contribution in [3.8, 4) is 0 Å². The average Bonchev–Trinajstić information content (AvgIpc) is 2.74. The molecule has 3 rings (SSSR count). The van der Waals surface area contributed by atoms with Crippen LogP contribution in [0.3, 0.4) is 0 Å². The number of rotatable bonds is 5. The largest absolute Gasteiger partial charge is 0.368 e. The Labute approximate surface area is 160 Å². The molecular weight excluding hydrogens is 340 g/mol. The van der Waals surface area contributed by atoms with Crippen molar-refractivity contribution in [3.63, 3.8) is 0 Å². The quantitative estimate of drug-likeness (QED) is 0.883. The van der Waals surface area contributed by atoms with E-state index < -0.39 is 0 Å². The molecule has 0 spiro atoms. The number of carbonyl (C=O) groups is 2. The number of piperazine rings is 1. The van der Waals surface area contributed by atoms with Gasteiger partial charge in [-0.2, -0.15) is 0 Å². The van der Waals surface area contributed by atoms with Crippen molar-refractivity contribution in [1.82, 2.24) is 15.2 Å². The van der Waals surface area contributed by atoms with Gasteiger partial charge in [-0.05, 0) is 37.6 Å². The van der Waals surface area contributed by atoms with Gasteiger partial charge in [0.15, 0.2) is 0 Å². The van der Waals surface area contributed by atoms with E-state index in [9.17, 15) is 9.59 Å². The number of amides is 2. The fourth-order valence-corrected chi connectivity index (χ4v) is 3.07. The van der Waals surface area contributed by atoms with Gasteiger partial charge < -0.3 is 15.1 Å². The normalized spacial score (nSPS) is 15.3. The standard InChI is InChI=1S/C21H26N4O2/c1-3-16(2)23-20(26)17-9-10-22-19(15-17)21(27)25-13-11-24(12-14-25)18-7-5-4-6-8-18/h4-10,15-16H,3,11-14H2,1-2H3,(H,23,26). The number of hydrogen-bond acceptors (Lipinski definition) is 4. The van der Waals surface area contributed by atoms with Crippen LogP contribution in [0.1, 0.15) is 41.1 Å². The van der Waals surface area contributed by atoms with Crippen LogP contribution in [0.15, 0.2) is 48.7 Å². The smallest absolute Gasteiger partial charge is 0.272 e. The fourth-order valence-electron chi connectivity index (χ4n) is 3.07. The number of carbonyl (C=O) groups excluding carboxylic acids is 2. The van der Waals surface area contributed by atoms with Crippen LogP contribution in [0.25, 0.3) is 0 Å². The van der Waals surface area contributed by atoms with Crippen LogP contribution in [-0.2, 0) is 0 Å². The molecule has 2 aromatic rings. The Balaban J connectivity index is 1.63. The SMILES string of the molecule is CCC(C)NC(=O)c1ccnc(C(=O)N2CCN(c3ccccc3)CC2)c1. The zero-order valence-corrected chi connectivity index (χ0v) is 15.9. The molecule has 1 atom stereocenters. The highest BCUT2D eigenvalue weighted by Gasteiger charge is 2.23. The van der Waals surface area contributed by atoms with Gasteiger partial charge in [-0.15, -0.1) is 0 Å². The molecule has 6 nitrogen and oxygen atoms in total. The first-order valence-electron chi connectivity index (χ1n) is 9.44. The monoisotopic (exact) mass is 366 g/mol. The molecule has 0 saturated carbocycles. The zero-order chi connectivity index (χ0) is 19.2. The highest BCUT2D eigenvalue weighted by molar-refractivity contribution is 5.98. The summed E-state index contributed by atoms with van der Waals surface area (Å²) in [5.74, 6) is -0.296. The molecule has 142 valence electrons. The van der Waals surface area contributed by atoms with E-state index in [0.717, 1.165) is 19.5 Å². The van der Waals surface area contributed by atoms with Crippen molar-refractivity contribution in [2.75, 3.05) is 31.1 Å². The van der Waals surface area contributed by atoms with Crippen LogP contribution in [0.5, 0.6) is 0 Å². The number of nitrogens with one attached hydrogen (secondary N) is 1. The summed E-state index contributed by atoms with van der Waals surface area (Å²) in [6, 6.07) is 13.5. The average molecular weight is 366 g/mol. The third-order valence-electron chi connectivity index (χ3n) is 4.92. The molecule has 1 aromatic carbocycles. The number of benzene rings is 1. The maximum absolute atomic E-state index is 12.8. The fraction of sp³-hybridized carbons (Fsp3) is 0.381. The van der Waals surface area contributed by atoms with Gasteiger partial charge in [0, 0.05) is 49.7 Å². The summed E-state index contributed by atoms with van der Waals surface area (Å²) in [6.07, 6.45) is 2.38. The van der Waals surface area contributed by atoms with E-state index in [1.807, 2.05) is 32.0 Å². The second kappa shape index (κ2) is 8.66. The van der Waals surface area contributed by atoms with Crippen LogP contribution in [0.4, 0.5) is 5.69 Å². The van der Waals surface area contributed by atoms with E-state index in [1.165, 1.54) is 11.9 Å². The Hall–Kier alpha value is -2.89. The van der Waals surface area contributed by atoms with Crippen molar-refractivity contribution in [2.45, 2.75) is 26.3 Å². The third kappa shape index (κ3) is 4.64. The molecule has 1 unspecified atom stereocenters. The van der Waals surface area contributed by atoms with Gasteiger partial charge in [0.25, 0.3) is 11.8 Å². The highest BCUT2D eigenvalue weighted by atomic mass is 16.2. The summed E-state index contributed by atoms with van der Waals surface area (Å²) in [5, 5.41) is 2.92. The number of anilines is 1. The van der Waals surface area contributed by atoms with Crippen molar-refractivity contribution >= 4 is 17.5 Å². The molecule has 2 heterocycles. The van der Waals surface area contributed by atoms with Crippen LogP contribution in [0.2, 0.25) is 0 Å². The van der Waals surface area contributed by atoms with E-state index in [4.69, 9.17) is 0 Å². The topological polar surface area (TPSA) is 65.5 Å². The lowest BCUT2D eigenvalue weighted by molar-refractivity contribution is 0.0741. The Kier molecular flexibility index (Phi) is 6.06.